The Morgan fingerprint density at radius 2 is 1.50 bits per heavy atom. The third-order valence-corrected chi connectivity index (χ3v) is 4.07. The van der Waals surface area contributed by atoms with Crippen molar-refractivity contribution in [1.82, 2.24) is 0 Å². The highest BCUT2D eigenvalue weighted by Gasteiger charge is 2.13. The molecule has 1 atom stereocenters. The summed E-state index contributed by atoms with van der Waals surface area (Å²) in [7, 11) is -4.29. The van der Waals surface area contributed by atoms with E-state index in [-0.39, 0.29) is 16.2 Å². The summed E-state index contributed by atoms with van der Waals surface area (Å²) in [6, 6.07) is 11.1. The van der Waals surface area contributed by atoms with E-state index in [4.69, 9.17) is 9.29 Å². The molecule has 0 aliphatic carbocycles. The Labute approximate surface area is 139 Å². The zero-order valence-corrected chi connectivity index (χ0v) is 13.7. The molecule has 2 aromatic rings. The number of carbonyl (C=O) groups excluding carboxylic acids is 1. The summed E-state index contributed by atoms with van der Waals surface area (Å²) in [5, 5.41) is 9.57. The third-order valence-electron chi connectivity index (χ3n) is 3.20. The van der Waals surface area contributed by atoms with E-state index in [1.54, 1.807) is 6.92 Å². The van der Waals surface area contributed by atoms with Gasteiger partial charge in [0.1, 0.15) is 5.75 Å². The number of hydrogen-bond acceptors (Lipinski definition) is 5. The van der Waals surface area contributed by atoms with Crippen molar-refractivity contribution in [3.05, 3.63) is 71.8 Å². The van der Waals surface area contributed by atoms with Crippen LogP contribution in [0.15, 0.2) is 65.6 Å². The van der Waals surface area contributed by atoms with E-state index in [1.807, 2.05) is 0 Å². The summed E-state index contributed by atoms with van der Waals surface area (Å²) in [6.07, 6.45) is -1.13. The van der Waals surface area contributed by atoms with Gasteiger partial charge in [-0.3, -0.25) is 9.35 Å². The van der Waals surface area contributed by atoms with Gasteiger partial charge in [-0.05, 0) is 61.0 Å². The summed E-state index contributed by atoms with van der Waals surface area (Å²) >= 11 is 0. The standard InChI is InChI=1S/C17H16O6S/c1-11(2)17(19)23-14-7-3-12(4-8-14)16(18)13-5-9-15(10-6-13)24(20,21)22/h3-10,17,19H,1H2,2H3,(H,20,21,22). The van der Waals surface area contributed by atoms with E-state index in [9.17, 15) is 18.3 Å². The SMILES string of the molecule is C=C(C)C(O)Oc1ccc(C(=O)c2ccc(S(=O)(=O)O)cc2)cc1. The topological polar surface area (TPSA) is 101 Å². The van der Waals surface area contributed by atoms with Crippen LogP contribution < -0.4 is 4.74 Å². The molecule has 2 N–H and O–H groups in total. The van der Waals surface area contributed by atoms with Crippen molar-refractivity contribution in [2.75, 3.05) is 0 Å². The molecule has 126 valence electrons. The number of aliphatic hydroxyl groups is 1. The summed E-state index contributed by atoms with van der Waals surface area (Å²) in [4.78, 5) is 12.1. The van der Waals surface area contributed by atoms with Gasteiger partial charge in [-0.1, -0.05) is 6.58 Å². The van der Waals surface area contributed by atoms with Gasteiger partial charge < -0.3 is 9.84 Å². The van der Waals surface area contributed by atoms with Crippen LogP contribution in [-0.2, 0) is 10.1 Å². The van der Waals surface area contributed by atoms with Crippen LogP contribution in [0.1, 0.15) is 22.8 Å². The molecule has 0 fully saturated rings. The highest BCUT2D eigenvalue weighted by atomic mass is 32.2. The van der Waals surface area contributed by atoms with Crippen molar-refractivity contribution in [3.8, 4) is 5.75 Å². The van der Waals surface area contributed by atoms with Gasteiger partial charge in [-0.15, -0.1) is 0 Å². The Bertz CT molecular complexity index is 851. The lowest BCUT2D eigenvalue weighted by atomic mass is 10.0. The van der Waals surface area contributed by atoms with Gasteiger partial charge in [0.05, 0.1) is 4.90 Å². The average molecular weight is 348 g/mol. The quantitative estimate of drug-likeness (QED) is 0.360. The summed E-state index contributed by atoms with van der Waals surface area (Å²) < 4.78 is 36.1. The fourth-order valence-electron chi connectivity index (χ4n) is 1.86. The summed E-state index contributed by atoms with van der Waals surface area (Å²) in [5.74, 6) is 0.0626. The first-order valence-electron chi connectivity index (χ1n) is 6.91. The molecule has 0 aliphatic rings. The van der Waals surface area contributed by atoms with Crippen molar-refractivity contribution < 1.29 is 27.6 Å². The Balaban J connectivity index is 2.17. The summed E-state index contributed by atoms with van der Waals surface area (Å²) in [5.41, 5.74) is 1.10. The van der Waals surface area contributed by atoms with Gasteiger partial charge >= 0.3 is 0 Å². The molecule has 1 unspecified atom stereocenters. The minimum Gasteiger partial charge on any atom is -0.461 e. The van der Waals surface area contributed by atoms with E-state index in [2.05, 4.69) is 6.58 Å². The van der Waals surface area contributed by atoms with E-state index >= 15 is 0 Å². The van der Waals surface area contributed by atoms with Gasteiger partial charge in [0.25, 0.3) is 10.1 Å². The molecule has 0 amide bonds. The van der Waals surface area contributed by atoms with Gasteiger partial charge in [0, 0.05) is 11.1 Å². The largest absolute Gasteiger partial charge is 0.461 e. The number of aliphatic hydroxyl groups excluding tert-OH is 1. The van der Waals surface area contributed by atoms with E-state index in [0.29, 0.717) is 16.9 Å². The molecule has 0 heterocycles. The zero-order chi connectivity index (χ0) is 17.9. The maximum Gasteiger partial charge on any atom is 0.294 e. The first-order valence-corrected chi connectivity index (χ1v) is 8.35. The molecular weight excluding hydrogens is 332 g/mol. The lowest BCUT2D eigenvalue weighted by Crippen LogP contribution is -2.16. The molecule has 7 heteroatoms. The second-order valence-corrected chi connectivity index (χ2v) is 6.59. The predicted octanol–water partition coefficient (Wildman–Crippen LogP) is 2.44. The van der Waals surface area contributed by atoms with E-state index < -0.39 is 16.4 Å². The molecule has 0 aromatic heterocycles. The first kappa shape index (κ1) is 17.9. The molecule has 2 aromatic carbocycles. The fourth-order valence-corrected chi connectivity index (χ4v) is 2.34. The second-order valence-electron chi connectivity index (χ2n) is 5.17. The van der Waals surface area contributed by atoms with Crippen molar-refractivity contribution in [1.29, 1.82) is 0 Å². The van der Waals surface area contributed by atoms with Gasteiger partial charge in [-0.25, -0.2) is 0 Å². The Morgan fingerprint density at radius 3 is 1.92 bits per heavy atom. The number of carbonyl (C=O) groups is 1. The lowest BCUT2D eigenvalue weighted by Gasteiger charge is -2.13. The maximum atomic E-state index is 12.3. The maximum absolute atomic E-state index is 12.3. The molecule has 0 saturated carbocycles. The molecule has 2 rings (SSSR count). The molecular formula is C17H16O6S. The minimum atomic E-state index is -4.29. The molecule has 0 aliphatic heterocycles. The normalized spacial score (nSPS) is 12.5. The van der Waals surface area contributed by atoms with Crippen LogP contribution in [-0.4, -0.2) is 30.2 Å². The van der Waals surface area contributed by atoms with Crippen LogP contribution in [0.4, 0.5) is 0 Å². The summed E-state index contributed by atoms with van der Waals surface area (Å²) in [6.45, 7) is 5.20. The Kier molecular flexibility index (Phi) is 5.18. The molecule has 0 radical (unpaired) electrons. The minimum absolute atomic E-state index is 0.276. The van der Waals surface area contributed by atoms with Crippen molar-refractivity contribution >= 4 is 15.9 Å². The number of ketones is 1. The van der Waals surface area contributed by atoms with E-state index in [1.165, 1.54) is 36.4 Å². The fraction of sp³-hybridized carbons (Fsp3) is 0.118. The van der Waals surface area contributed by atoms with Crippen LogP contribution in [0, 0.1) is 0 Å². The highest BCUT2D eigenvalue weighted by Crippen LogP contribution is 2.18. The third kappa shape index (κ3) is 4.29. The molecule has 6 nitrogen and oxygen atoms in total. The number of hydrogen-bond donors (Lipinski definition) is 2. The predicted molar refractivity (Wildman–Crippen MR) is 87.6 cm³/mol. The Hall–Kier alpha value is -2.48. The van der Waals surface area contributed by atoms with Crippen LogP contribution in [0.3, 0.4) is 0 Å². The molecule has 24 heavy (non-hydrogen) atoms. The average Bonchev–Trinajstić information content (AvgIpc) is 2.54. The molecule has 0 saturated heterocycles. The van der Waals surface area contributed by atoms with Crippen LogP contribution in [0.25, 0.3) is 0 Å². The smallest absolute Gasteiger partial charge is 0.294 e. The number of ether oxygens (including phenoxy) is 1. The zero-order valence-electron chi connectivity index (χ0n) is 12.8. The van der Waals surface area contributed by atoms with Crippen molar-refractivity contribution in [2.45, 2.75) is 18.1 Å². The van der Waals surface area contributed by atoms with Crippen LogP contribution in [0.2, 0.25) is 0 Å². The number of benzene rings is 2. The Morgan fingerprint density at radius 1 is 1.04 bits per heavy atom. The highest BCUT2D eigenvalue weighted by molar-refractivity contribution is 7.85. The first-order chi connectivity index (χ1) is 11.2. The van der Waals surface area contributed by atoms with Crippen LogP contribution >= 0.6 is 0 Å². The van der Waals surface area contributed by atoms with Crippen molar-refractivity contribution in [2.24, 2.45) is 0 Å². The van der Waals surface area contributed by atoms with Gasteiger partial charge in [-0.2, -0.15) is 8.42 Å². The van der Waals surface area contributed by atoms with Gasteiger partial charge in [0.15, 0.2) is 5.78 Å². The van der Waals surface area contributed by atoms with Crippen LogP contribution in [0.5, 0.6) is 5.75 Å². The molecule has 0 spiro atoms. The number of rotatable bonds is 6. The van der Waals surface area contributed by atoms with Crippen molar-refractivity contribution in [3.63, 3.8) is 0 Å². The second kappa shape index (κ2) is 6.96. The van der Waals surface area contributed by atoms with E-state index in [0.717, 1.165) is 12.1 Å². The van der Waals surface area contributed by atoms with Gasteiger partial charge in [0.2, 0.25) is 6.29 Å². The molecule has 0 bridgehead atoms. The monoisotopic (exact) mass is 348 g/mol. The lowest BCUT2D eigenvalue weighted by molar-refractivity contribution is 0.0151.